The van der Waals surface area contributed by atoms with E-state index in [1.54, 1.807) is 19.2 Å². The third-order valence-electron chi connectivity index (χ3n) is 5.89. The first-order chi connectivity index (χ1) is 14.2. The highest BCUT2D eigenvalue weighted by molar-refractivity contribution is 5.97. The predicted octanol–water partition coefficient (Wildman–Crippen LogP) is 2.04. The minimum Gasteiger partial charge on any atom is -0.494 e. The Bertz CT molecular complexity index is 863. The summed E-state index contributed by atoms with van der Waals surface area (Å²) < 4.78 is 6.97. The second kappa shape index (κ2) is 8.59. The summed E-state index contributed by atoms with van der Waals surface area (Å²) in [4.78, 5) is 28.0. The molecule has 4 rings (SSSR count). The Balaban J connectivity index is 1.50. The second-order valence-electron chi connectivity index (χ2n) is 7.66. The van der Waals surface area contributed by atoms with Crippen molar-refractivity contribution in [3.63, 3.8) is 0 Å². The van der Waals surface area contributed by atoms with Crippen molar-refractivity contribution < 1.29 is 14.3 Å². The molecule has 154 valence electrons. The smallest absolute Gasteiger partial charge is 0.228 e. The van der Waals surface area contributed by atoms with E-state index in [1.165, 1.54) is 11.0 Å². The summed E-state index contributed by atoms with van der Waals surface area (Å²) in [6.07, 6.45) is 7.09. The van der Waals surface area contributed by atoms with Gasteiger partial charge in [0.05, 0.1) is 18.5 Å². The van der Waals surface area contributed by atoms with Crippen molar-refractivity contribution in [1.29, 1.82) is 0 Å². The topological polar surface area (TPSA) is 102 Å². The van der Waals surface area contributed by atoms with Crippen LogP contribution in [0, 0.1) is 11.8 Å². The van der Waals surface area contributed by atoms with Gasteiger partial charge in [-0.15, -0.1) is 5.10 Å². The Kier molecular flexibility index (Phi) is 5.73. The molecule has 2 fully saturated rings. The molecule has 1 saturated carbocycles. The Morgan fingerprint density at radius 1 is 1.10 bits per heavy atom. The summed E-state index contributed by atoms with van der Waals surface area (Å²) in [6, 6.07) is 5.34. The molecule has 0 bridgehead atoms. The number of anilines is 1. The largest absolute Gasteiger partial charge is 0.494 e. The molecule has 29 heavy (non-hydrogen) atoms. The van der Waals surface area contributed by atoms with Crippen LogP contribution in [0.2, 0.25) is 0 Å². The monoisotopic (exact) mass is 398 g/mol. The van der Waals surface area contributed by atoms with Crippen molar-refractivity contribution in [2.24, 2.45) is 11.8 Å². The first kappa shape index (κ1) is 19.4. The predicted molar refractivity (Wildman–Crippen MR) is 106 cm³/mol. The van der Waals surface area contributed by atoms with Gasteiger partial charge in [0, 0.05) is 31.0 Å². The standard InChI is InChI=1S/C20H26N6O3/c1-29-18-12-14(26-13-21-23-24-26)8-9-17(18)22-19(27)15-6-2-3-7-16(15)20(28)25-10-4-5-11-25/h8-9,12-13,15-16H,2-7,10-11H2,1H3,(H,22,27)/t15-,16+/m0/s1. The van der Waals surface area contributed by atoms with E-state index in [9.17, 15) is 9.59 Å². The summed E-state index contributed by atoms with van der Waals surface area (Å²) in [5, 5.41) is 14.1. The zero-order valence-electron chi connectivity index (χ0n) is 16.6. The third kappa shape index (κ3) is 4.08. The van der Waals surface area contributed by atoms with Crippen LogP contribution in [-0.2, 0) is 9.59 Å². The van der Waals surface area contributed by atoms with Crippen LogP contribution in [0.5, 0.6) is 5.75 Å². The zero-order valence-corrected chi connectivity index (χ0v) is 16.6. The van der Waals surface area contributed by atoms with Crippen LogP contribution in [0.4, 0.5) is 5.69 Å². The van der Waals surface area contributed by atoms with E-state index in [4.69, 9.17) is 4.74 Å². The molecule has 9 nitrogen and oxygen atoms in total. The number of tetrazole rings is 1. The van der Waals surface area contributed by atoms with Crippen molar-refractivity contribution in [3.05, 3.63) is 24.5 Å². The maximum absolute atomic E-state index is 13.1. The summed E-state index contributed by atoms with van der Waals surface area (Å²) in [5.74, 6) is 0.0118. The molecule has 1 saturated heterocycles. The van der Waals surface area contributed by atoms with E-state index in [-0.39, 0.29) is 23.7 Å². The zero-order chi connectivity index (χ0) is 20.2. The van der Waals surface area contributed by atoms with Crippen LogP contribution < -0.4 is 10.1 Å². The van der Waals surface area contributed by atoms with Crippen molar-refractivity contribution in [2.45, 2.75) is 38.5 Å². The minimum atomic E-state index is -0.305. The van der Waals surface area contributed by atoms with Gasteiger partial charge in [-0.2, -0.15) is 0 Å². The molecule has 1 aliphatic heterocycles. The highest BCUT2D eigenvalue weighted by Gasteiger charge is 2.38. The summed E-state index contributed by atoms with van der Waals surface area (Å²) in [6.45, 7) is 1.63. The van der Waals surface area contributed by atoms with Gasteiger partial charge in [0.15, 0.2) is 0 Å². The van der Waals surface area contributed by atoms with Crippen LogP contribution in [0.1, 0.15) is 38.5 Å². The van der Waals surface area contributed by atoms with Crippen LogP contribution in [0.25, 0.3) is 5.69 Å². The molecule has 0 unspecified atom stereocenters. The van der Waals surface area contributed by atoms with Gasteiger partial charge in [-0.25, -0.2) is 4.68 Å². The van der Waals surface area contributed by atoms with Gasteiger partial charge in [-0.3, -0.25) is 9.59 Å². The average Bonchev–Trinajstić information content (AvgIpc) is 3.47. The van der Waals surface area contributed by atoms with Crippen LogP contribution in [0.15, 0.2) is 24.5 Å². The number of aromatic nitrogens is 4. The maximum Gasteiger partial charge on any atom is 0.228 e. The molecule has 2 aromatic rings. The molecule has 2 atom stereocenters. The highest BCUT2D eigenvalue weighted by Crippen LogP contribution is 2.34. The fraction of sp³-hybridized carbons (Fsp3) is 0.550. The second-order valence-corrected chi connectivity index (χ2v) is 7.66. The van der Waals surface area contributed by atoms with Crippen LogP contribution in [0.3, 0.4) is 0 Å². The van der Waals surface area contributed by atoms with E-state index in [0.29, 0.717) is 11.4 Å². The van der Waals surface area contributed by atoms with E-state index in [2.05, 4.69) is 20.8 Å². The summed E-state index contributed by atoms with van der Waals surface area (Å²) in [5.41, 5.74) is 1.30. The average molecular weight is 398 g/mol. The Morgan fingerprint density at radius 3 is 2.55 bits per heavy atom. The third-order valence-corrected chi connectivity index (χ3v) is 5.89. The molecule has 2 aliphatic rings. The van der Waals surface area contributed by atoms with Crippen molar-refractivity contribution in [1.82, 2.24) is 25.1 Å². The number of methoxy groups -OCH3 is 1. The van der Waals surface area contributed by atoms with Crippen LogP contribution in [-0.4, -0.2) is 57.1 Å². The minimum absolute atomic E-state index is 0.115. The number of nitrogens with one attached hydrogen (secondary N) is 1. The van der Waals surface area contributed by atoms with Gasteiger partial charge in [-0.05, 0) is 48.2 Å². The molecule has 1 aromatic carbocycles. The van der Waals surface area contributed by atoms with E-state index >= 15 is 0 Å². The Hall–Kier alpha value is -2.97. The van der Waals surface area contributed by atoms with Crippen molar-refractivity contribution >= 4 is 17.5 Å². The first-order valence-corrected chi connectivity index (χ1v) is 10.2. The molecule has 1 N–H and O–H groups in total. The molecule has 0 radical (unpaired) electrons. The highest BCUT2D eigenvalue weighted by atomic mass is 16.5. The lowest BCUT2D eigenvalue weighted by Gasteiger charge is -2.32. The molecule has 2 heterocycles. The Labute approximate surface area is 169 Å². The number of likely N-dealkylation sites (tertiary alicyclic amines) is 1. The van der Waals surface area contributed by atoms with Gasteiger partial charge in [0.25, 0.3) is 0 Å². The fourth-order valence-electron chi connectivity index (χ4n) is 4.34. The van der Waals surface area contributed by atoms with E-state index < -0.39 is 0 Å². The Morgan fingerprint density at radius 2 is 1.86 bits per heavy atom. The summed E-state index contributed by atoms with van der Waals surface area (Å²) in [7, 11) is 1.55. The lowest BCUT2D eigenvalue weighted by molar-refractivity contribution is -0.141. The van der Waals surface area contributed by atoms with Gasteiger partial charge in [-0.1, -0.05) is 12.8 Å². The number of nitrogens with zero attached hydrogens (tertiary/aromatic N) is 5. The van der Waals surface area contributed by atoms with E-state index in [0.717, 1.165) is 57.3 Å². The number of benzene rings is 1. The number of carbonyl (C=O) groups excluding carboxylic acids is 2. The number of ether oxygens (including phenoxy) is 1. The fourth-order valence-corrected chi connectivity index (χ4v) is 4.34. The molecular formula is C20H26N6O3. The molecule has 0 spiro atoms. The normalized spacial score (nSPS) is 21.8. The lowest BCUT2D eigenvalue weighted by Crippen LogP contribution is -2.42. The molecule has 2 amide bonds. The van der Waals surface area contributed by atoms with Crippen molar-refractivity contribution in [2.75, 3.05) is 25.5 Å². The van der Waals surface area contributed by atoms with Gasteiger partial charge in [0.1, 0.15) is 12.1 Å². The molecule has 1 aromatic heterocycles. The lowest BCUT2D eigenvalue weighted by atomic mass is 9.77. The number of rotatable bonds is 5. The first-order valence-electron chi connectivity index (χ1n) is 10.2. The number of hydrogen-bond donors (Lipinski definition) is 1. The van der Waals surface area contributed by atoms with Gasteiger partial charge in [0.2, 0.25) is 11.8 Å². The number of carbonyl (C=O) groups is 2. The van der Waals surface area contributed by atoms with Gasteiger partial charge >= 0.3 is 0 Å². The molecule has 1 aliphatic carbocycles. The molecule has 9 heteroatoms. The number of amides is 2. The van der Waals surface area contributed by atoms with Gasteiger partial charge < -0.3 is 15.0 Å². The van der Waals surface area contributed by atoms with Crippen molar-refractivity contribution in [3.8, 4) is 11.4 Å². The van der Waals surface area contributed by atoms with E-state index in [1.807, 2.05) is 11.0 Å². The SMILES string of the molecule is COc1cc(-n2cnnn2)ccc1NC(=O)[C@H]1CCCC[C@H]1C(=O)N1CCCC1. The van der Waals surface area contributed by atoms with Crippen LogP contribution >= 0.6 is 0 Å². The maximum atomic E-state index is 13.1. The number of hydrogen-bond acceptors (Lipinski definition) is 6. The quantitative estimate of drug-likeness (QED) is 0.827. The molecular weight excluding hydrogens is 372 g/mol. The summed E-state index contributed by atoms with van der Waals surface area (Å²) >= 11 is 0.